The summed E-state index contributed by atoms with van der Waals surface area (Å²) in [5.74, 6) is 2.72. The van der Waals surface area contributed by atoms with Crippen LogP contribution in [0.15, 0.2) is 6.33 Å². The van der Waals surface area contributed by atoms with Crippen molar-refractivity contribution in [1.82, 2.24) is 9.97 Å². The van der Waals surface area contributed by atoms with E-state index in [0.717, 1.165) is 36.1 Å². The first kappa shape index (κ1) is 15.1. The highest BCUT2D eigenvalue weighted by Gasteiger charge is 2.21. The molecule has 2 N–H and O–H groups in total. The number of rotatable bonds is 6. The maximum atomic E-state index is 4.42. The normalized spacial score (nSPS) is 17.8. The number of hydrogen-bond donors (Lipinski definition) is 2. The molecule has 1 aromatic rings. The quantitative estimate of drug-likeness (QED) is 0.825. The molecule has 2 rings (SSSR count). The molecule has 1 heterocycles. The highest BCUT2D eigenvalue weighted by atomic mass is 15.1. The second-order valence-corrected chi connectivity index (χ2v) is 5.95. The van der Waals surface area contributed by atoms with E-state index in [2.05, 4.69) is 41.4 Å². The largest absolute Gasteiger partial charge is 0.370 e. The van der Waals surface area contributed by atoms with Crippen LogP contribution in [-0.2, 0) is 0 Å². The Morgan fingerprint density at radius 3 is 2.60 bits per heavy atom. The second-order valence-electron chi connectivity index (χ2n) is 5.95. The van der Waals surface area contributed by atoms with Crippen LogP contribution in [0.3, 0.4) is 0 Å². The van der Waals surface area contributed by atoms with Crippen LogP contribution in [0, 0.1) is 12.8 Å². The highest BCUT2D eigenvalue weighted by molar-refractivity contribution is 5.56. The number of anilines is 2. The van der Waals surface area contributed by atoms with Gasteiger partial charge in [-0.3, -0.25) is 0 Å². The SMILES string of the molecule is CCCNc1ncnc(NC(C)C2CCCCC2)c1C. The van der Waals surface area contributed by atoms with Crippen molar-refractivity contribution < 1.29 is 0 Å². The van der Waals surface area contributed by atoms with Crippen molar-refractivity contribution in [2.45, 2.75) is 65.3 Å². The summed E-state index contributed by atoms with van der Waals surface area (Å²) in [4.78, 5) is 8.75. The van der Waals surface area contributed by atoms with E-state index in [-0.39, 0.29) is 0 Å². The molecular formula is C16H28N4. The van der Waals surface area contributed by atoms with Crippen LogP contribution in [0.25, 0.3) is 0 Å². The molecule has 0 bridgehead atoms. The number of nitrogens with zero attached hydrogens (tertiary/aromatic N) is 2. The average Bonchev–Trinajstić information content (AvgIpc) is 2.49. The lowest BCUT2D eigenvalue weighted by atomic mass is 9.84. The summed E-state index contributed by atoms with van der Waals surface area (Å²) in [5, 5.41) is 6.97. The molecular weight excluding hydrogens is 248 g/mol. The number of aromatic nitrogens is 2. The minimum Gasteiger partial charge on any atom is -0.370 e. The van der Waals surface area contributed by atoms with Gasteiger partial charge in [-0.1, -0.05) is 26.2 Å². The zero-order chi connectivity index (χ0) is 14.4. The van der Waals surface area contributed by atoms with Gasteiger partial charge in [0.25, 0.3) is 0 Å². The summed E-state index contributed by atoms with van der Waals surface area (Å²) in [7, 11) is 0. The summed E-state index contributed by atoms with van der Waals surface area (Å²) in [5.41, 5.74) is 1.13. The Morgan fingerprint density at radius 2 is 1.90 bits per heavy atom. The lowest BCUT2D eigenvalue weighted by Gasteiger charge is -2.29. The van der Waals surface area contributed by atoms with E-state index in [1.54, 1.807) is 6.33 Å². The number of hydrogen-bond acceptors (Lipinski definition) is 4. The van der Waals surface area contributed by atoms with Crippen molar-refractivity contribution in [3.05, 3.63) is 11.9 Å². The van der Waals surface area contributed by atoms with Crippen LogP contribution < -0.4 is 10.6 Å². The average molecular weight is 276 g/mol. The fraction of sp³-hybridized carbons (Fsp3) is 0.750. The van der Waals surface area contributed by atoms with E-state index >= 15 is 0 Å². The molecule has 0 aliphatic heterocycles. The van der Waals surface area contributed by atoms with Crippen LogP contribution in [0.1, 0.15) is 57.9 Å². The Balaban J connectivity index is 2.00. The first-order valence-electron chi connectivity index (χ1n) is 8.04. The summed E-state index contributed by atoms with van der Waals surface area (Å²) in [6.45, 7) is 7.49. The fourth-order valence-corrected chi connectivity index (χ4v) is 2.98. The molecule has 112 valence electrons. The molecule has 0 spiro atoms. The van der Waals surface area contributed by atoms with Gasteiger partial charge in [-0.25, -0.2) is 9.97 Å². The van der Waals surface area contributed by atoms with Gasteiger partial charge in [0.05, 0.1) is 0 Å². The predicted octanol–water partition coefficient (Wildman–Crippen LogP) is 3.99. The molecule has 1 unspecified atom stereocenters. The van der Waals surface area contributed by atoms with Gasteiger partial charge in [0.2, 0.25) is 0 Å². The van der Waals surface area contributed by atoms with Gasteiger partial charge in [0.1, 0.15) is 18.0 Å². The molecule has 1 saturated carbocycles. The summed E-state index contributed by atoms with van der Waals surface area (Å²) >= 11 is 0. The molecule has 0 saturated heterocycles. The van der Waals surface area contributed by atoms with E-state index in [4.69, 9.17) is 0 Å². The molecule has 4 nitrogen and oxygen atoms in total. The molecule has 0 amide bonds. The van der Waals surface area contributed by atoms with Gasteiger partial charge in [0, 0.05) is 18.2 Å². The third-order valence-corrected chi connectivity index (χ3v) is 4.35. The highest BCUT2D eigenvalue weighted by Crippen LogP contribution is 2.28. The van der Waals surface area contributed by atoms with Crippen LogP contribution in [0.5, 0.6) is 0 Å². The zero-order valence-corrected chi connectivity index (χ0v) is 13.1. The van der Waals surface area contributed by atoms with Crippen molar-refractivity contribution in [2.75, 3.05) is 17.2 Å². The molecule has 1 aliphatic rings. The molecule has 1 atom stereocenters. The third-order valence-electron chi connectivity index (χ3n) is 4.35. The fourth-order valence-electron chi connectivity index (χ4n) is 2.98. The van der Waals surface area contributed by atoms with Crippen LogP contribution >= 0.6 is 0 Å². The minimum atomic E-state index is 0.489. The van der Waals surface area contributed by atoms with Gasteiger partial charge in [-0.05, 0) is 39.0 Å². The maximum Gasteiger partial charge on any atom is 0.134 e. The third kappa shape index (κ3) is 3.84. The maximum absolute atomic E-state index is 4.42. The van der Waals surface area contributed by atoms with Crippen molar-refractivity contribution in [2.24, 2.45) is 5.92 Å². The first-order chi connectivity index (χ1) is 9.72. The van der Waals surface area contributed by atoms with Gasteiger partial charge in [0.15, 0.2) is 0 Å². The Labute approximate surface area is 122 Å². The van der Waals surface area contributed by atoms with Crippen molar-refractivity contribution in [1.29, 1.82) is 0 Å². The van der Waals surface area contributed by atoms with E-state index < -0.39 is 0 Å². The monoisotopic (exact) mass is 276 g/mol. The van der Waals surface area contributed by atoms with Crippen LogP contribution in [0.4, 0.5) is 11.6 Å². The summed E-state index contributed by atoms with van der Waals surface area (Å²) < 4.78 is 0. The lowest BCUT2D eigenvalue weighted by Crippen LogP contribution is -2.28. The van der Waals surface area contributed by atoms with E-state index in [1.165, 1.54) is 32.1 Å². The molecule has 1 fully saturated rings. The Morgan fingerprint density at radius 1 is 1.20 bits per heavy atom. The molecule has 1 aromatic heterocycles. The zero-order valence-electron chi connectivity index (χ0n) is 13.1. The van der Waals surface area contributed by atoms with E-state index in [9.17, 15) is 0 Å². The summed E-state index contributed by atoms with van der Waals surface area (Å²) in [6, 6.07) is 0.489. The second kappa shape index (κ2) is 7.46. The summed E-state index contributed by atoms with van der Waals surface area (Å²) in [6.07, 6.45) is 9.61. The van der Waals surface area contributed by atoms with Crippen LogP contribution in [-0.4, -0.2) is 22.6 Å². The standard InChI is InChI=1S/C16H28N4/c1-4-10-17-15-12(2)16(19-11-18-15)20-13(3)14-8-6-5-7-9-14/h11,13-14H,4-10H2,1-3H3,(H2,17,18,19,20). The Kier molecular flexibility index (Phi) is 5.62. The molecule has 4 heteroatoms. The Hall–Kier alpha value is -1.32. The predicted molar refractivity (Wildman–Crippen MR) is 85.2 cm³/mol. The van der Waals surface area contributed by atoms with Gasteiger partial charge in [-0.2, -0.15) is 0 Å². The van der Waals surface area contributed by atoms with E-state index in [1.807, 2.05) is 0 Å². The Bertz CT molecular complexity index is 413. The van der Waals surface area contributed by atoms with Gasteiger partial charge < -0.3 is 10.6 Å². The van der Waals surface area contributed by atoms with Gasteiger partial charge in [-0.15, -0.1) is 0 Å². The topological polar surface area (TPSA) is 49.8 Å². The first-order valence-corrected chi connectivity index (χ1v) is 8.04. The van der Waals surface area contributed by atoms with Crippen molar-refractivity contribution in [3.63, 3.8) is 0 Å². The molecule has 0 radical (unpaired) electrons. The molecule has 1 aliphatic carbocycles. The van der Waals surface area contributed by atoms with Crippen molar-refractivity contribution in [3.8, 4) is 0 Å². The molecule has 0 aromatic carbocycles. The minimum absolute atomic E-state index is 0.489. The van der Waals surface area contributed by atoms with E-state index in [0.29, 0.717) is 6.04 Å². The van der Waals surface area contributed by atoms with Crippen LogP contribution in [0.2, 0.25) is 0 Å². The lowest BCUT2D eigenvalue weighted by molar-refractivity contribution is 0.328. The number of nitrogens with one attached hydrogen (secondary N) is 2. The van der Waals surface area contributed by atoms with Gasteiger partial charge >= 0.3 is 0 Å². The molecule has 20 heavy (non-hydrogen) atoms. The smallest absolute Gasteiger partial charge is 0.134 e. The van der Waals surface area contributed by atoms with Crippen molar-refractivity contribution >= 4 is 11.6 Å².